The van der Waals surface area contributed by atoms with E-state index in [2.05, 4.69) is 15.3 Å². The van der Waals surface area contributed by atoms with E-state index < -0.39 is 0 Å². The fourth-order valence-corrected chi connectivity index (χ4v) is 2.89. The fraction of sp³-hybridized carbons (Fsp3) is 0.188. The van der Waals surface area contributed by atoms with Crippen molar-refractivity contribution >= 4 is 40.2 Å². The summed E-state index contributed by atoms with van der Waals surface area (Å²) < 4.78 is 10.6. The van der Waals surface area contributed by atoms with Crippen LogP contribution in [0, 0.1) is 0 Å². The molecule has 0 atom stereocenters. The first-order valence-corrected chi connectivity index (χ1v) is 7.65. The molecule has 7 heteroatoms. The van der Waals surface area contributed by atoms with Gasteiger partial charge in [0, 0.05) is 28.7 Å². The highest BCUT2D eigenvalue weighted by Crippen LogP contribution is 2.31. The molecule has 2 aromatic carbocycles. The Morgan fingerprint density at radius 1 is 1.00 bits per heavy atom. The molecule has 1 aromatic heterocycles. The van der Waals surface area contributed by atoms with Gasteiger partial charge in [-0.05, 0) is 23.8 Å². The lowest BCUT2D eigenvalue weighted by Crippen LogP contribution is -2.00. The molecule has 0 fully saturated rings. The molecule has 5 nitrogen and oxygen atoms in total. The summed E-state index contributed by atoms with van der Waals surface area (Å²) in [7, 11) is 3.19. The van der Waals surface area contributed by atoms with Gasteiger partial charge < -0.3 is 19.8 Å². The zero-order chi connectivity index (χ0) is 16.4. The first kappa shape index (κ1) is 15.8. The average molecular weight is 352 g/mol. The Morgan fingerprint density at radius 3 is 2.30 bits per heavy atom. The van der Waals surface area contributed by atoms with Gasteiger partial charge >= 0.3 is 0 Å². The van der Waals surface area contributed by atoms with Gasteiger partial charge in [0.05, 0.1) is 25.3 Å². The highest BCUT2D eigenvalue weighted by molar-refractivity contribution is 6.34. The summed E-state index contributed by atoms with van der Waals surface area (Å²) in [5, 5.41) is 4.42. The van der Waals surface area contributed by atoms with Crippen molar-refractivity contribution in [2.75, 3.05) is 19.5 Å². The van der Waals surface area contributed by atoms with Crippen LogP contribution in [0.1, 0.15) is 5.56 Å². The maximum atomic E-state index is 6.00. The third-order valence-corrected chi connectivity index (χ3v) is 3.81. The summed E-state index contributed by atoms with van der Waals surface area (Å²) in [6.45, 7) is 0.550. The number of nitrogens with one attached hydrogen (secondary N) is 2. The van der Waals surface area contributed by atoms with Crippen molar-refractivity contribution in [1.82, 2.24) is 9.97 Å². The molecular formula is C16H15Cl2N3O2. The number of halogens is 2. The highest BCUT2D eigenvalue weighted by Gasteiger charge is 2.10. The van der Waals surface area contributed by atoms with Crippen LogP contribution in [0.15, 0.2) is 30.3 Å². The van der Waals surface area contributed by atoms with E-state index in [0.717, 1.165) is 16.6 Å². The van der Waals surface area contributed by atoms with Crippen LogP contribution in [-0.4, -0.2) is 24.2 Å². The van der Waals surface area contributed by atoms with Crippen molar-refractivity contribution in [2.24, 2.45) is 0 Å². The Morgan fingerprint density at radius 2 is 1.65 bits per heavy atom. The molecule has 0 amide bonds. The summed E-state index contributed by atoms with van der Waals surface area (Å²) in [4.78, 5) is 7.69. The number of aromatic amines is 1. The Bertz CT molecular complexity index is 787. The van der Waals surface area contributed by atoms with Crippen molar-refractivity contribution in [3.05, 3.63) is 45.9 Å². The SMILES string of the molecule is COc1cc2nc(NCc3cc(Cl)cc(Cl)c3)[nH]c2cc1OC. The van der Waals surface area contributed by atoms with Crippen LogP contribution in [0.25, 0.3) is 11.0 Å². The van der Waals surface area contributed by atoms with E-state index in [4.69, 9.17) is 32.7 Å². The predicted octanol–water partition coefficient (Wildman–Crippen LogP) is 4.50. The third kappa shape index (κ3) is 3.46. The molecule has 0 saturated heterocycles. The number of nitrogens with zero attached hydrogens (tertiary/aromatic N) is 1. The molecule has 0 aliphatic rings. The Balaban J connectivity index is 1.83. The summed E-state index contributed by atoms with van der Waals surface area (Å²) in [6, 6.07) is 9.09. The van der Waals surface area contributed by atoms with Gasteiger partial charge in [-0.2, -0.15) is 0 Å². The van der Waals surface area contributed by atoms with Crippen LogP contribution in [0.5, 0.6) is 11.5 Å². The lowest BCUT2D eigenvalue weighted by Gasteiger charge is -2.06. The first-order valence-electron chi connectivity index (χ1n) is 6.89. The topological polar surface area (TPSA) is 59.2 Å². The van der Waals surface area contributed by atoms with Crippen LogP contribution in [0.4, 0.5) is 5.95 Å². The van der Waals surface area contributed by atoms with Gasteiger partial charge in [-0.15, -0.1) is 0 Å². The van der Waals surface area contributed by atoms with Crippen LogP contribution < -0.4 is 14.8 Å². The lowest BCUT2D eigenvalue weighted by atomic mass is 10.2. The minimum absolute atomic E-state index is 0.550. The maximum Gasteiger partial charge on any atom is 0.201 e. The van der Waals surface area contributed by atoms with Gasteiger partial charge in [0.2, 0.25) is 5.95 Å². The maximum absolute atomic E-state index is 6.00. The van der Waals surface area contributed by atoms with E-state index in [0.29, 0.717) is 34.0 Å². The Labute approximate surface area is 143 Å². The van der Waals surface area contributed by atoms with Gasteiger partial charge in [0.25, 0.3) is 0 Å². The highest BCUT2D eigenvalue weighted by atomic mass is 35.5. The second-order valence-electron chi connectivity index (χ2n) is 4.94. The number of benzene rings is 2. The number of H-pyrrole nitrogens is 1. The van der Waals surface area contributed by atoms with Crippen LogP contribution in [0.2, 0.25) is 10.0 Å². The van der Waals surface area contributed by atoms with E-state index in [1.807, 2.05) is 24.3 Å². The average Bonchev–Trinajstić information content (AvgIpc) is 2.92. The fourth-order valence-electron chi connectivity index (χ4n) is 2.32. The number of fused-ring (bicyclic) bond motifs is 1. The van der Waals surface area contributed by atoms with Crippen molar-refractivity contribution in [3.8, 4) is 11.5 Å². The molecule has 1 heterocycles. The molecular weight excluding hydrogens is 337 g/mol. The number of hydrogen-bond acceptors (Lipinski definition) is 4. The zero-order valence-electron chi connectivity index (χ0n) is 12.6. The van der Waals surface area contributed by atoms with Crippen LogP contribution in [-0.2, 0) is 6.54 Å². The smallest absolute Gasteiger partial charge is 0.201 e. The Hall–Kier alpha value is -2.11. The number of rotatable bonds is 5. The molecule has 0 bridgehead atoms. The van der Waals surface area contributed by atoms with Crippen LogP contribution >= 0.6 is 23.2 Å². The standard InChI is InChI=1S/C16H15Cl2N3O2/c1-22-14-6-12-13(7-15(14)23-2)21-16(20-12)19-8-9-3-10(17)5-11(18)4-9/h3-7H,8H2,1-2H3,(H2,19,20,21). The quantitative estimate of drug-likeness (QED) is 0.710. The number of ether oxygens (including phenoxy) is 2. The molecule has 0 saturated carbocycles. The first-order chi connectivity index (χ1) is 11.1. The van der Waals surface area contributed by atoms with Gasteiger partial charge in [-0.25, -0.2) is 4.98 Å². The summed E-state index contributed by atoms with van der Waals surface area (Å²) in [6.07, 6.45) is 0. The summed E-state index contributed by atoms with van der Waals surface area (Å²) >= 11 is 12.0. The van der Waals surface area contributed by atoms with E-state index in [-0.39, 0.29) is 0 Å². The molecule has 3 aromatic rings. The number of anilines is 1. The largest absolute Gasteiger partial charge is 0.493 e. The van der Waals surface area contributed by atoms with Crippen LogP contribution in [0.3, 0.4) is 0 Å². The molecule has 0 radical (unpaired) electrons. The van der Waals surface area contributed by atoms with Crippen molar-refractivity contribution in [1.29, 1.82) is 0 Å². The molecule has 0 spiro atoms. The second-order valence-corrected chi connectivity index (χ2v) is 5.81. The molecule has 23 heavy (non-hydrogen) atoms. The van der Waals surface area contributed by atoms with E-state index >= 15 is 0 Å². The van der Waals surface area contributed by atoms with Gasteiger partial charge in [-0.3, -0.25) is 0 Å². The molecule has 0 aliphatic heterocycles. The molecule has 0 unspecified atom stereocenters. The minimum Gasteiger partial charge on any atom is -0.493 e. The van der Waals surface area contributed by atoms with Crippen molar-refractivity contribution in [2.45, 2.75) is 6.54 Å². The monoisotopic (exact) mass is 351 g/mol. The summed E-state index contributed by atoms with van der Waals surface area (Å²) in [5.74, 6) is 1.93. The van der Waals surface area contributed by atoms with E-state index in [9.17, 15) is 0 Å². The van der Waals surface area contributed by atoms with Crippen molar-refractivity contribution in [3.63, 3.8) is 0 Å². The normalized spacial score (nSPS) is 10.8. The minimum atomic E-state index is 0.550. The van der Waals surface area contributed by atoms with Crippen molar-refractivity contribution < 1.29 is 9.47 Å². The molecule has 120 valence electrons. The zero-order valence-corrected chi connectivity index (χ0v) is 14.1. The van der Waals surface area contributed by atoms with Gasteiger partial charge in [-0.1, -0.05) is 23.2 Å². The van der Waals surface area contributed by atoms with Gasteiger partial charge in [0.1, 0.15) is 0 Å². The number of methoxy groups -OCH3 is 2. The predicted molar refractivity (Wildman–Crippen MR) is 93.0 cm³/mol. The molecule has 3 rings (SSSR count). The number of hydrogen-bond donors (Lipinski definition) is 2. The van der Waals surface area contributed by atoms with Gasteiger partial charge in [0.15, 0.2) is 11.5 Å². The number of aromatic nitrogens is 2. The number of imidazole rings is 1. The second kappa shape index (κ2) is 6.56. The van der Waals surface area contributed by atoms with E-state index in [1.54, 1.807) is 20.3 Å². The Kier molecular flexibility index (Phi) is 4.50. The summed E-state index contributed by atoms with van der Waals surface area (Å²) in [5.41, 5.74) is 2.61. The lowest BCUT2D eigenvalue weighted by molar-refractivity contribution is 0.356. The van der Waals surface area contributed by atoms with E-state index in [1.165, 1.54) is 0 Å². The molecule has 2 N–H and O–H groups in total. The third-order valence-electron chi connectivity index (χ3n) is 3.37. The molecule has 0 aliphatic carbocycles.